The van der Waals surface area contributed by atoms with Gasteiger partial charge in [-0.15, -0.1) is 0 Å². The Hall–Kier alpha value is -4.10. The van der Waals surface area contributed by atoms with E-state index in [0.717, 1.165) is 22.5 Å². The molecule has 34 heavy (non-hydrogen) atoms. The first kappa shape index (κ1) is 21.7. The van der Waals surface area contributed by atoms with E-state index in [0.29, 0.717) is 42.9 Å². The molecule has 1 fully saturated rings. The summed E-state index contributed by atoms with van der Waals surface area (Å²) in [6, 6.07) is 24.8. The lowest BCUT2D eigenvalue weighted by Gasteiger charge is -2.26. The second-order valence-electron chi connectivity index (χ2n) is 7.93. The molecular formula is C27H23N3O4. The van der Waals surface area contributed by atoms with Gasteiger partial charge in [-0.05, 0) is 18.2 Å². The first-order valence-corrected chi connectivity index (χ1v) is 11.1. The lowest BCUT2D eigenvalue weighted by atomic mass is 10.0. The van der Waals surface area contributed by atoms with Crippen LogP contribution in [0.1, 0.15) is 10.4 Å². The number of aromatic nitrogens is 2. The normalized spacial score (nSPS) is 13.6. The summed E-state index contributed by atoms with van der Waals surface area (Å²) in [6.45, 7) is 1.71. The highest BCUT2D eigenvalue weighted by atomic mass is 16.5. The van der Waals surface area contributed by atoms with Gasteiger partial charge in [-0.2, -0.15) is 0 Å². The number of esters is 1. The zero-order valence-corrected chi connectivity index (χ0v) is 18.5. The molecule has 1 saturated heterocycles. The highest BCUT2D eigenvalue weighted by molar-refractivity contribution is 5.96. The molecule has 1 aliphatic rings. The van der Waals surface area contributed by atoms with E-state index in [-0.39, 0.29) is 12.5 Å². The Morgan fingerprint density at radius 2 is 1.38 bits per heavy atom. The van der Waals surface area contributed by atoms with Crippen molar-refractivity contribution in [2.45, 2.75) is 0 Å². The molecule has 0 N–H and O–H groups in total. The molecule has 1 amide bonds. The van der Waals surface area contributed by atoms with Crippen LogP contribution in [0.15, 0.2) is 78.9 Å². The fraction of sp³-hybridized carbons (Fsp3) is 0.185. The van der Waals surface area contributed by atoms with Crippen molar-refractivity contribution in [3.8, 4) is 22.5 Å². The average molecular weight is 453 g/mol. The van der Waals surface area contributed by atoms with Gasteiger partial charge < -0.3 is 14.4 Å². The third kappa shape index (κ3) is 4.65. The minimum Gasteiger partial charge on any atom is -0.452 e. The van der Waals surface area contributed by atoms with E-state index >= 15 is 0 Å². The van der Waals surface area contributed by atoms with Gasteiger partial charge in [0.15, 0.2) is 6.61 Å². The smallest absolute Gasteiger partial charge is 0.338 e. The van der Waals surface area contributed by atoms with E-state index in [1.807, 2.05) is 60.7 Å². The van der Waals surface area contributed by atoms with Gasteiger partial charge in [-0.1, -0.05) is 60.7 Å². The first-order valence-electron chi connectivity index (χ1n) is 11.1. The summed E-state index contributed by atoms with van der Waals surface area (Å²) < 4.78 is 10.5. The lowest BCUT2D eigenvalue weighted by Crippen LogP contribution is -2.42. The van der Waals surface area contributed by atoms with Crippen molar-refractivity contribution in [2.24, 2.45) is 0 Å². The molecule has 1 aromatic heterocycles. The van der Waals surface area contributed by atoms with Gasteiger partial charge in [0.2, 0.25) is 0 Å². The van der Waals surface area contributed by atoms with Crippen LogP contribution in [0.5, 0.6) is 0 Å². The van der Waals surface area contributed by atoms with E-state index in [1.165, 1.54) is 0 Å². The van der Waals surface area contributed by atoms with Crippen LogP contribution in [0.25, 0.3) is 33.5 Å². The van der Waals surface area contributed by atoms with E-state index in [1.54, 1.807) is 23.1 Å². The summed E-state index contributed by atoms with van der Waals surface area (Å²) in [5.74, 6) is -0.796. The van der Waals surface area contributed by atoms with Gasteiger partial charge in [-0.25, -0.2) is 14.8 Å². The van der Waals surface area contributed by atoms with E-state index in [2.05, 4.69) is 0 Å². The van der Waals surface area contributed by atoms with E-state index < -0.39 is 5.97 Å². The zero-order valence-electron chi connectivity index (χ0n) is 18.5. The molecule has 5 rings (SSSR count). The highest BCUT2D eigenvalue weighted by Crippen LogP contribution is 2.31. The summed E-state index contributed by atoms with van der Waals surface area (Å²) in [5.41, 5.74) is 4.95. The first-order chi connectivity index (χ1) is 16.7. The zero-order chi connectivity index (χ0) is 23.3. The van der Waals surface area contributed by atoms with Crippen LogP contribution in [0.2, 0.25) is 0 Å². The van der Waals surface area contributed by atoms with Crippen LogP contribution in [0.3, 0.4) is 0 Å². The minimum absolute atomic E-state index is 0.226. The van der Waals surface area contributed by atoms with Crippen molar-refractivity contribution in [3.05, 3.63) is 84.4 Å². The van der Waals surface area contributed by atoms with Gasteiger partial charge in [0.05, 0.1) is 41.2 Å². The highest BCUT2D eigenvalue weighted by Gasteiger charge is 2.20. The number of benzene rings is 3. The van der Waals surface area contributed by atoms with Crippen LogP contribution in [0.4, 0.5) is 0 Å². The fourth-order valence-electron chi connectivity index (χ4n) is 3.89. The molecule has 0 radical (unpaired) electrons. The molecular weight excluding hydrogens is 430 g/mol. The lowest BCUT2D eigenvalue weighted by molar-refractivity contribution is -0.138. The largest absolute Gasteiger partial charge is 0.452 e. The molecule has 7 nitrogen and oxygen atoms in total. The van der Waals surface area contributed by atoms with Crippen molar-refractivity contribution in [2.75, 3.05) is 32.9 Å². The predicted molar refractivity (Wildman–Crippen MR) is 128 cm³/mol. The molecule has 0 atom stereocenters. The van der Waals surface area contributed by atoms with Gasteiger partial charge in [0, 0.05) is 24.2 Å². The number of nitrogens with zero attached hydrogens (tertiary/aromatic N) is 3. The van der Waals surface area contributed by atoms with E-state index in [9.17, 15) is 9.59 Å². The second kappa shape index (κ2) is 9.80. The van der Waals surface area contributed by atoms with Crippen LogP contribution < -0.4 is 0 Å². The van der Waals surface area contributed by atoms with Crippen LogP contribution in [-0.2, 0) is 14.3 Å². The molecule has 0 bridgehead atoms. The van der Waals surface area contributed by atoms with Crippen molar-refractivity contribution in [3.63, 3.8) is 0 Å². The van der Waals surface area contributed by atoms with E-state index in [4.69, 9.17) is 19.4 Å². The molecule has 0 aliphatic carbocycles. The van der Waals surface area contributed by atoms with Gasteiger partial charge in [0.1, 0.15) is 0 Å². The summed E-state index contributed by atoms with van der Waals surface area (Å²) >= 11 is 0. The summed E-state index contributed by atoms with van der Waals surface area (Å²) in [4.78, 5) is 36.3. The number of hydrogen-bond acceptors (Lipinski definition) is 6. The number of morpholine rings is 1. The van der Waals surface area contributed by atoms with Crippen LogP contribution in [-0.4, -0.2) is 59.7 Å². The second-order valence-corrected chi connectivity index (χ2v) is 7.93. The minimum atomic E-state index is -0.571. The van der Waals surface area contributed by atoms with Crippen molar-refractivity contribution in [1.82, 2.24) is 14.9 Å². The Morgan fingerprint density at radius 1 is 0.794 bits per heavy atom. The van der Waals surface area contributed by atoms with Gasteiger partial charge in [-0.3, -0.25) is 4.79 Å². The fourth-order valence-corrected chi connectivity index (χ4v) is 3.89. The number of hydrogen-bond donors (Lipinski definition) is 0. The average Bonchev–Trinajstić information content (AvgIpc) is 2.92. The third-order valence-corrected chi connectivity index (χ3v) is 5.68. The molecule has 1 aliphatic heterocycles. The Balaban J connectivity index is 1.44. The van der Waals surface area contributed by atoms with Crippen molar-refractivity contribution >= 4 is 22.9 Å². The summed E-state index contributed by atoms with van der Waals surface area (Å²) in [7, 11) is 0. The molecule has 3 aromatic carbocycles. The number of fused-ring (bicyclic) bond motifs is 1. The SMILES string of the molecule is O=C(OCC(=O)N1CCOCC1)c1ccc2nc(-c3ccccc3)c(-c3ccccc3)nc2c1. The predicted octanol–water partition coefficient (Wildman–Crippen LogP) is 3.98. The van der Waals surface area contributed by atoms with Crippen molar-refractivity contribution < 1.29 is 19.1 Å². The monoisotopic (exact) mass is 453 g/mol. The van der Waals surface area contributed by atoms with Gasteiger partial charge in [0.25, 0.3) is 5.91 Å². The van der Waals surface area contributed by atoms with Gasteiger partial charge >= 0.3 is 5.97 Å². The number of amides is 1. The Bertz CT molecular complexity index is 1320. The molecule has 4 aromatic rings. The van der Waals surface area contributed by atoms with Crippen molar-refractivity contribution in [1.29, 1.82) is 0 Å². The summed E-state index contributed by atoms with van der Waals surface area (Å²) in [6.07, 6.45) is 0. The third-order valence-electron chi connectivity index (χ3n) is 5.68. The maximum absolute atomic E-state index is 12.7. The molecule has 0 saturated carbocycles. The Kier molecular flexibility index (Phi) is 6.27. The Labute approximate surface area is 197 Å². The standard InChI is InChI=1S/C27H23N3O4/c31-24(30-13-15-33-16-14-30)18-34-27(32)21-11-12-22-23(17-21)29-26(20-9-5-2-6-10-20)25(28-22)19-7-3-1-4-8-19/h1-12,17H,13-16,18H2. The molecule has 0 spiro atoms. The topological polar surface area (TPSA) is 81.6 Å². The summed E-state index contributed by atoms with van der Waals surface area (Å²) in [5, 5.41) is 0. The maximum Gasteiger partial charge on any atom is 0.338 e. The molecule has 7 heteroatoms. The maximum atomic E-state index is 12.7. The van der Waals surface area contributed by atoms with Crippen LogP contribution >= 0.6 is 0 Å². The Morgan fingerprint density at radius 3 is 2.00 bits per heavy atom. The molecule has 2 heterocycles. The number of carbonyl (C=O) groups is 2. The van der Waals surface area contributed by atoms with Crippen LogP contribution in [0, 0.1) is 0 Å². The molecule has 0 unspecified atom stereocenters. The molecule has 170 valence electrons. The number of carbonyl (C=O) groups excluding carboxylic acids is 2. The number of rotatable bonds is 5. The quantitative estimate of drug-likeness (QED) is 0.425. The number of ether oxygens (including phenoxy) is 2.